The summed E-state index contributed by atoms with van der Waals surface area (Å²) in [5.41, 5.74) is 1.56. The Morgan fingerprint density at radius 1 is 1.55 bits per heavy atom. The molecule has 6 heteroatoms. The number of carbonyl (C=O) groups is 1. The van der Waals surface area contributed by atoms with Crippen LogP contribution in [-0.2, 0) is 4.79 Å². The van der Waals surface area contributed by atoms with Crippen molar-refractivity contribution < 1.29 is 14.4 Å². The number of hydrogen-bond donors (Lipinski definition) is 0. The Kier molecular flexibility index (Phi) is 7.60. The number of allylic oxidation sites excluding steroid dienone is 1. The lowest BCUT2D eigenvalue weighted by Gasteiger charge is -2.05. The van der Waals surface area contributed by atoms with E-state index in [1.807, 2.05) is 46.9 Å². The van der Waals surface area contributed by atoms with Crippen LogP contribution in [0.1, 0.15) is 26.3 Å². The van der Waals surface area contributed by atoms with Gasteiger partial charge in [0.15, 0.2) is 11.8 Å². The Morgan fingerprint density at radius 3 is 2.91 bits per heavy atom. The second-order valence-electron chi connectivity index (χ2n) is 4.60. The second-order valence-corrected chi connectivity index (χ2v) is 5.14. The number of azo groups is 1. The van der Waals surface area contributed by atoms with Crippen molar-refractivity contribution >= 4 is 33.9 Å². The largest absolute Gasteiger partial charge is 0.595 e. The molecule has 0 aliphatic carbocycles. The van der Waals surface area contributed by atoms with E-state index in [9.17, 15) is 10.0 Å². The number of benzene rings is 1. The number of nitrogens with zero attached hydrogens (tertiary/aromatic N) is 2. The first-order chi connectivity index (χ1) is 10.4. The molecule has 22 heavy (non-hydrogen) atoms. The predicted molar refractivity (Wildman–Crippen MR) is 93.6 cm³/mol. The zero-order valence-corrected chi connectivity index (χ0v) is 14.8. The first-order valence-electron chi connectivity index (χ1n) is 6.61. The molecule has 0 N–H and O–H groups in total. The topological polar surface area (TPSA) is 64.7 Å². The summed E-state index contributed by atoms with van der Waals surface area (Å²) >= 11 is 1.95. The van der Waals surface area contributed by atoms with Gasteiger partial charge in [0.1, 0.15) is 12.4 Å². The number of hydroxylamine groups is 1. The molecule has 116 valence electrons. The van der Waals surface area contributed by atoms with Crippen LogP contribution in [0, 0.1) is 15.1 Å². The average molecular weight is 412 g/mol. The van der Waals surface area contributed by atoms with Gasteiger partial charge in [-0.25, -0.2) is 0 Å². The van der Waals surface area contributed by atoms with Crippen molar-refractivity contribution in [1.82, 2.24) is 0 Å². The van der Waals surface area contributed by atoms with Crippen molar-refractivity contribution in [2.45, 2.75) is 26.8 Å². The van der Waals surface area contributed by atoms with Gasteiger partial charge in [0.2, 0.25) is 6.20 Å². The van der Waals surface area contributed by atoms with Crippen molar-refractivity contribution in [1.29, 1.82) is 0 Å². The van der Waals surface area contributed by atoms with Crippen molar-refractivity contribution in [3.05, 3.63) is 41.2 Å². The van der Waals surface area contributed by atoms with Gasteiger partial charge in [-0.2, -0.15) is 0 Å². The molecule has 0 spiro atoms. The number of rotatable bonds is 6. The fraction of sp³-hybridized carbons (Fsp3) is 0.312. The normalized spacial score (nSPS) is 13.1. The van der Waals surface area contributed by atoms with E-state index in [0.717, 1.165) is 11.1 Å². The first-order valence-corrected chi connectivity index (χ1v) is 7.69. The van der Waals surface area contributed by atoms with Crippen LogP contribution in [-0.4, -0.2) is 23.3 Å². The Morgan fingerprint density at radius 2 is 2.27 bits per heavy atom. The summed E-state index contributed by atoms with van der Waals surface area (Å²) < 4.78 is 8.20. The molecule has 0 aliphatic rings. The fourth-order valence-corrected chi connectivity index (χ4v) is 1.66. The van der Waals surface area contributed by atoms with Crippen LogP contribution in [0.4, 0.5) is 0 Å². The summed E-state index contributed by atoms with van der Waals surface area (Å²) in [6.45, 7) is 5.09. The lowest BCUT2D eigenvalue weighted by molar-refractivity contribution is -0.460. The highest BCUT2D eigenvalue weighted by Crippen LogP contribution is 2.20. The van der Waals surface area contributed by atoms with Gasteiger partial charge in [-0.05, 0) is 47.5 Å². The summed E-state index contributed by atoms with van der Waals surface area (Å²) in [4.78, 5) is 11.5. The second kappa shape index (κ2) is 9.20. The monoisotopic (exact) mass is 412 g/mol. The van der Waals surface area contributed by atoms with Gasteiger partial charge in [-0.1, -0.05) is 22.9 Å². The molecule has 0 aromatic heterocycles. The quantitative estimate of drug-likeness (QED) is 0.235. The molecule has 0 amide bonds. The van der Waals surface area contributed by atoms with Crippen LogP contribution >= 0.6 is 22.6 Å². The third kappa shape index (κ3) is 6.26. The number of Topliss-reactive ketones (excluding diaryl/α,β-unsaturated/α-hetero) is 1. The van der Waals surface area contributed by atoms with E-state index in [1.54, 1.807) is 13.8 Å². The third-order valence-electron chi connectivity index (χ3n) is 2.85. The minimum Gasteiger partial charge on any atom is -0.595 e. The SMILES string of the molecule is CC(=O)C(C)N=[N+]([O-])/C=C(\C)c1cccc(OCC#CI)c1. The molecule has 0 bridgehead atoms. The number of ketones is 1. The molecule has 0 heterocycles. The summed E-state index contributed by atoms with van der Waals surface area (Å²) in [7, 11) is 0. The molecule has 1 aromatic carbocycles. The number of hydrogen-bond acceptors (Lipinski definition) is 4. The summed E-state index contributed by atoms with van der Waals surface area (Å²) in [5, 5.41) is 15.4. The molecule has 0 saturated heterocycles. The van der Waals surface area contributed by atoms with Crippen LogP contribution < -0.4 is 4.74 Å². The Labute approximate surface area is 143 Å². The Bertz CT molecular complexity index is 657. The van der Waals surface area contributed by atoms with E-state index >= 15 is 0 Å². The smallest absolute Gasteiger partial charge is 0.212 e. The van der Waals surface area contributed by atoms with E-state index < -0.39 is 6.04 Å². The number of halogens is 1. The minimum atomic E-state index is -0.650. The van der Waals surface area contributed by atoms with Gasteiger partial charge in [0.25, 0.3) is 0 Å². The molecular formula is C16H17IN2O3. The van der Waals surface area contributed by atoms with E-state index in [2.05, 4.69) is 15.0 Å². The van der Waals surface area contributed by atoms with Crippen LogP contribution in [0.5, 0.6) is 5.75 Å². The maximum Gasteiger partial charge on any atom is 0.212 e. The minimum absolute atomic E-state index is 0.154. The van der Waals surface area contributed by atoms with E-state index in [0.29, 0.717) is 17.2 Å². The molecule has 0 saturated carbocycles. The van der Waals surface area contributed by atoms with Crippen molar-refractivity contribution in [3.8, 4) is 15.6 Å². The van der Waals surface area contributed by atoms with Crippen LogP contribution in [0.2, 0.25) is 0 Å². The van der Waals surface area contributed by atoms with Crippen molar-refractivity contribution in [3.63, 3.8) is 0 Å². The van der Waals surface area contributed by atoms with Gasteiger partial charge in [-0.15, -0.1) is 0 Å². The zero-order chi connectivity index (χ0) is 16.5. The molecule has 1 unspecified atom stereocenters. The maximum absolute atomic E-state index is 11.7. The highest BCUT2D eigenvalue weighted by molar-refractivity contribution is 14.1. The van der Waals surface area contributed by atoms with Gasteiger partial charge < -0.3 is 9.94 Å². The van der Waals surface area contributed by atoms with Crippen LogP contribution in [0.15, 0.2) is 35.6 Å². The summed E-state index contributed by atoms with van der Waals surface area (Å²) in [6.07, 6.45) is 1.34. The number of carbonyl (C=O) groups excluding carboxylic acids is 1. The molecule has 0 aliphatic heterocycles. The van der Waals surface area contributed by atoms with Gasteiger partial charge in [-0.3, -0.25) is 4.79 Å². The Hall–Kier alpha value is -1.88. The van der Waals surface area contributed by atoms with Crippen LogP contribution in [0.25, 0.3) is 5.57 Å². The van der Waals surface area contributed by atoms with Gasteiger partial charge >= 0.3 is 0 Å². The van der Waals surface area contributed by atoms with Crippen molar-refractivity contribution in [2.24, 2.45) is 5.11 Å². The molecule has 1 atom stereocenters. The Balaban J connectivity index is 2.89. The molecule has 1 rings (SSSR count). The molecular weight excluding hydrogens is 395 g/mol. The standard InChI is InChI=1S/C16H17IN2O3/c1-12(11-19(21)18-13(2)14(3)20)15-6-4-7-16(10-15)22-9-5-8-17/h4,6-7,10-11,13H,9H2,1-3H3/b12-11+,19-18?. The predicted octanol–water partition coefficient (Wildman–Crippen LogP) is 3.76. The lowest BCUT2D eigenvalue weighted by atomic mass is 10.1. The molecule has 5 nitrogen and oxygen atoms in total. The maximum atomic E-state index is 11.7. The highest BCUT2D eigenvalue weighted by atomic mass is 127. The van der Waals surface area contributed by atoms with Gasteiger partial charge in [0, 0.05) is 28.2 Å². The van der Waals surface area contributed by atoms with E-state index in [-0.39, 0.29) is 5.78 Å². The fourth-order valence-electron chi connectivity index (χ4n) is 1.50. The van der Waals surface area contributed by atoms with Crippen molar-refractivity contribution in [2.75, 3.05) is 6.61 Å². The zero-order valence-electron chi connectivity index (χ0n) is 12.7. The first kappa shape index (κ1) is 18.2. The summed E-state index contributed by atoms with van der Waals surface area (Å²) in [5.74, 6) is 3.33. The molecule has 0 fully saturated rings. The average Bonchev–Trinajstić information content (AvgIpc) is 2.47. The number of ether oxygens (including phenoxy) is 1. The lowest BCUT2D eigenvalue weighted by Crippen LogP contribution is -2.12. The highest BCUT2D eigenvalue weighted by Gasteiger charge is 2.09. The van der Waals surface area contributed by atoms with E-state index in [1.165, 1.54) is 13.1 Å². The van der Waals surface area contributed by atoms with Gasteiger partial charge in [0.05, 0.1) is 0 Å². The molecule has 0 radical (unpaired) electrons. The molecule has 1 aromatic rings. The van der Waals surface area contributed by atoms with Crippen LogP contribution in [0.3, 0.4) is 0 Å². The summed E-state index contributed by atoms with van der Waals surface area (Å²) in [6, 6.07) is 6.70. The third-order valence-corrected chi connectivity index (χ3v) is 3.23. The van der Waals surface area contributed by atoms with E-state index in [4.69, 9.17) is 4.74 Å².